The molecule has 0 spiro atoms. The van der Waals surface area contributed by atoms with E-state index in [-0.39, 0.29) is 23.5 Å². The van der Waals surface area contributed by atoms with Gasteiger partial charge in [-0.3, -0.25) is 14.3 Å². The lowest BCUT2D eigenvalue weighted by molar-refractivity contribution is -0.127. The van der Waals surface area contributed by atoms with E-state index >= 15 is 0 Å². The van der Waals surface area contributed by atoms with Crippen LogP contribution in [0.2, 0.25) is 0 Å². The quantitative estimate of drug-likeness (QED) is 0.660. The van der Waals surface area contributed by atoms with E-state index in [1.54, 1.807) is 17.0 Å². The molecule has 0 saturated carbocycles. The van der Waals surface area contributed by atoms with E-state index < -0.39 is 0 Å². The Morgan fingerprint density at radius 1 is 1.19 bits per heavy atom. The number of hydrogen-bond acceptors (Lipinski definition) is 5. The molecule has 6 nitrogen and oxygen atoms in total. The van der Waals surface area contributed by atoms with Crippen molar-refractivity contribution in [1.29, 1.82) is 0 Å². The summed E-state index contributed by atoms with van der Waals surface area (Å²) in [6.45, 7) is 7.32. The standard InChI is InChI=1S/C18H26FN5OS/c1-6-23(7-2)16(25)12-26-18-21-20-17(13(3)22(4)5)24(18)15-10-8-14(19)9-11-15/h8-11,13H,6-7,12H2,1-5H3/t13-/m1/s1. The van der Waals surface area contributed by atoms with Gasteiger partial charge in [0.15, 0.2) is 11.0 Å². The Morgan fingerprint density at radius 2 is 1.81 bits per heavy atom. The fourth-order valence-corrected chi connectivity index (χ4v) is 3.36. The maximum Gasteiger partial charge on any atom is 0.233 e. The van der Waals surface area contributed by atoms with Gasteiger partial charge in [-0.25, -0.2) is 4.39 Å². The zero-order chi connectivity index (χ0) is 19.3. The normalized spacial score (nSPS) is 12.4. The number of nitrogens with zero attached hydrogens (tertiary/aromatic N) is 5. The van der Waals surface area contributed by atoms with Crippen molar-refractivity contribution in [2.75, 3.05) is 32.9 Å². The number of thioether (sulfide) groups is 1. The fraction of sp³-hybridized carbons (Fsp3) is 0.500. The van der Waals surface area contributed by atoms with E-state index in [4.69, 9.17) is 0 Å². The summed E-state index contributed by atoms with van der Waals surface area (Å²) in [7, 11) is 3.93. The minimum atomic E-state index is -0.296. The molecule has 26 heavy (non-hydrogen) atoms. The van der Waals surface area contributed by atoms with Crippen molar-refractivity contribution >= 4 is 17.7 Å². The predicted molar refractivity (Wildman–Crippen MR) is 102 cm³/mol. The van der Waals surface area contributed by atoms with Crippen LogP contribution in [0.1, 0.15) is 32.6 Å². The third-order valence-electron chi connectivity index (χ3n) is 4.33. The molecule has 0 unspecified atom stereocenters. The molecule has 0 saturated heterocycles. The number of amides is 1. The van der Waals surface area contributed by atoms with Crippen LogP contribution in [0.3, 0.4) is 0 Å². The van der Waals surface area contributed by atoms with Crippen molar-refractivity contribution in [3.63, 3.8) is 0 Å². The Hall–Kier alpha value is -1.93. The second kappa shape index (κ2) is 9.14. The van der Waals surface area contributed by atoms with Crippen LogP contribution in [0.5, 0.6) is 0 Å². The van der Waals surface area contributed by atoms with Crippen LogP contribution in [-0.2, 0) is 4.79 Å². The number of carbonyl (C=O) groups excluding carboxylic acids is 1. The Balaban J connectivity index is 2.34. The highest BCUT2D eigenvalue weighted by atomic mass is 32.2. The van der Waals surface area contributed by atoms with Gasteiger partial charge in [0, 0.05) is 18.8 Å². The largest absolute Gasteiger partial charge is 0.343 e. The van der Waals surface area contributed by atoms with Crippen molar-refractivity contribution in [3.8, 4) is 5.69 Å². The van der Waals surface area contributed by atoms with E-state index in [2.05, 4.69) is 10.2 Å². The molecule has 0 fully saturated rings. The van der Waals surface area contributed by atoms with Crippen molar-refractivity contribution in [1.82, 2.24) is 24.6 Å². The Bertz CT molecular complexity index is 728. The third-order valence-corrected chi connectivity index (χ3v) is 5.25. The third kappa shape index (κ3) is 4.62. The molecule has 8 heteroatoms. The molecule has 0 bridgehead atoms. The molecule has 0 N–H and O–H groups in total. The molecule has 1 atom stereocenters. The van der Waals surface area contributed by atoms with Crippen molar-refractivity contribution in [2.24, 2.45) is 0 Å². The van der Waals surface area contributed by atoms with Gasteiger partial charge in [-0.1, -0.05) is 11.8 Å². The number of benzene rings is 1. The topological polar surface area (TPSA) is 54.3 Å². The monoisotopic (exact) mass is 379 g/mol. The average molecular weight is 380 g/mol. The first-order valence-electron chi connectivity index (χ1n) is 8.67. The van der Waals surface area contributed by atoms with Gasteiger partial charge in [0.1, 0.15) is 5.82 Å². The van der Waals surface area contributed by atoms with Crippen LogP contribution >= 0.6 is 11.8 Å². The Kier molecular flexibility index (Phi) is 7.16. The first kappa shape index (κ1) is 20.4. The lowest BCUT2D eigenvalue weighted by atomic mass is 10.2. The van der Waals surface area contributed by atoms with Crippen LogP contribution in [0.25, 0.3) is 5.69 Å². The lowest BCUT2D eigenvalue weighted by Gasteiger charge is -2.21. The summed E-state index contributed by atoms with van der Waals surface area (Å²) in [5.74, 6) is 0.808. The Labute approximate surface area is 158 Å². The van der Waals surface area contributed by atoms with Gasteiger partial charge in [0.25, 0.3) is 0 Å². The second-order valence-electron chi connectivity index (χ2n) is 6.15. The number of halogens is 1. The molecule has 142 valence electrons. The van der Waals surface area contributed by atoms with Gasteiger partial charge >= 0.3 is 0 Å². The summed E-state index contributed by atoms with van der Waals surface area (Å²) in [4.78, 5) is 16.1. The molecule has 0 aliphatic rings. The summed E-state index contributed by atoms with van der Waals surface area (Å²) in [5.41, 5.74) is 0.776. The molecule has 1 aromatic carbocycles. The van der Waals surface area contributed by atoms with E-state index in [1.165, 1.54) is 23.9 Å². The predicted octanol–water partition coefficient (Wildman–Crippen LogP) is 2.99. The molecule has 0 aliphatic heterocycles. The zero-order valence-electron chi connectivity index (χ0n) is 15.9. The highest BCUT2D eigenvalue weighted by Gasteiger charge is 2.22. The summed E-state index contributed by atoms with van der Waals surface area (Å²) in [5, 5.41) is 9.24. The molecule has 1 amide bonds. The smallest absolute Gasteiger partial charge is 0.233 e. The van der Waals surface area contributed by atoms with Crippen LogP contribution < -0.4 is 0 Å². The van der Waals surface area contributed by atoms with Gasteiger partial charge in [-0.2, -0.15) is 0 Å². The van der Waals surface area contributed by atoms with Gasteiger partial charge in [-0.15, -0.1) is 10.2 Å². The molecular weight excluding hydrogens is 353 g/mol. The maximum atomic E-state index is 13.3. The second-order valence-corrected chi connectivity index (χ2v) is 7.09. The number of carbonyl (C=O) groups is 1. The first-order chi connectivity index (χ1) is 12.4. The average Bonchev–Trinajstić information content (AvgIpc) is 3.04. The SMILES string of the molecule is CCN(CC)C(=O)CSc1nnc([C@@H](C)N(C)C)n1-c1ccc(F)cc1. The van der Waals surface area contributed by atoms with Gasteiger partial charge in [-0.05, 0) is 59.1 Å². The van der Waals surface area contributed by atoms with Crippen molar-refractivity contribution in [2.45, 2.75) is 32.0 Å². The number of hydrogen-bond donors (Lipinski definition) is 0. The lowest BCUT2D eigenvalue weighted by Crippen LogP contribution is -2.32. The summed E-state index contributed by atoms with van der Waals surface area (Å²) in [6, 6.07) is 6.23. The van der Waals surface area contributed by atoms with Crippen molar-refractivity contribution in [3.05, 3.63) is 35.9 Å². The Morgan fingerprint density at radius 3 is 2.35 bits per heavy atom. The van der Waals surface area contributed by atoms with E-state index in [1.807, 2.05) is 44.3 Å². The molecular formula is C18H26FN5OS. The molecule has 0 aliphatic carbocycles. The summed E-state index contributed by atoms with van der Waals surface area (Å²) in [6.07, 6.45) is 0. The molecule has 2 aromatic rings. The number of aromatic nitrogens is 3. The highest BCUT2D eigenvalue weighted by molar-refractivity contribution is 7.99. The zero-order valence-corrected chi connectivity index (χ0v) is 16.8. The van der Waals surface area contributed by atoms with Gasteiger partial charge < -0.3 is 4.90 Å². The number of rotatable bonds is 8. The van der Waals surface area contributed by atoms with Crippen LogP contribution in [0, 0.1) is 5.82 Å². The van der Waals surface area contributed by atoms with Crippen LogP contribution in [0.15, 0.2) is 29.4 Å². The minimum Gasteiger partial charge on any atom is -0.343 e. The minimum absolute atomic E-state index is 0.0142. The highest BCUT2D eigenvalue weighted by Crippen LogP contribution is 2.27. The van der Waals surface area contributed by atoms with Crippen LogP contribution in [0.4, 0.5) is 4.39 Å². The van der Waals surface area contributed by atoms with E-state index in [0.29, 0.717) is 18.2 Å². The summed E-state index contributed by atoms with van der Waals surface area (Å²) < 4.78 is 15.2. The van der Waals surface area contributed by atoms with Gasteiger partial charge in [0.2, 0.25) is 5.91 Å². The molecule has 0 radical (unpaired) electrons. The van der Waals surface area contributed by atoms with Crippen molar-refractivity contribution < 1.29 is 9.18 Å². The summed E-state index contributed by atoms with van der Waals surface area (Å²) >= 11 is 1.35. The van der Waals surface area contributed by atoms with Gasteiger partial charge in [0.05, 0.1) is 11.8 Å². The van der Waals surface area contributed by atoms with E-state index in [9.17, 15) is 9.18 Å². The first-order valence-corrected chi connectivity index (χ1v) is 9.65. The molecule has 1 aromatic heterocycles. The maximum absolute atomic E-state index is 13.3. The molecule has 1 heterocycles. The van der Waals surface area contributed by atoms with Crippen LogP contribution in [-0.4, -0.2) is 63.4 Å². The van der Waals surface area contributed by atoms with E-state index in [0.717, 1.165) is 11.5 Å². The fourth-order valence-electron chi connectivity index (χ4n) is 2.50. The molecule has 2 rings (SSSR count).